The van der Waals surface area contributed by atoms with Gasteiger partial charge in [-0.3, -0.25) is 14.3 Å². The van der Waals surface area contributed by atoms with Gasteiger partial charge in [-0.25, -0.2) is 4.79 Å². The van der Waals surface area contributed by atoms with Gasteiger partial charge in [0.05, 0.1) is 11.4 Å². The molecule has 7 nitrogen and oxygen atoms in total. The standard InChI is InChI=1S/C22H25N5O2/c1-2-3-7-19-20(23)26-22(29)27(19)16-8-9-17-18(12-16)14(13-25-21(17)28)11-15-6-4-5-10-24-15/h3-9,12,14,24H,2,10-11,13,23H2,1H3,(H,25,28)(H,26,29)/b7-3-. The Kier molecular flexibility index (Phi) is 5.12. The van der Waals surface area contributed by atoms with Crippen LogP contribution >= 0.6 is 0 Å². The number of H-pyrrole nitrogens is 1. The molecule has 150 valence electrons. The number of nitrogens with one attached hydrogen (secondary N) is 3. The SMILES string of the molecule is CC/C=C\c1c(N)[nH]c(=O)n1-c1ccc2c(c1)C(CC1=CC=CCN1)CNC2=O. The molecule has 0 saturated heterocycles. The molecule has 0 saturated carbocycles. The van der Waals surface area contributed by atoms with Crippen LogP contribution in [0.3, 0.4) is 0 Å². The topological polar surface area (TPSA) is 105 Å². The average molecular weight is 391 g/mol. The van der Waals surface area contributed by atoms with Crippen molar-refractivity contribution in [1.82, 2.24) is 20.2 Å². The predicted molar refractivity (Wildman–Crippen MR) is 115 cm³/mol. The van der Waals surface area contributed by atoms with Gasteiger partial charge in [0, 0.05) is 30.3 Å². The molecule has 29 heavy (non-hydrogen) atoms. The highest BCUT2D eigenvalue weighted by Crippen LogP contribution is 2.31. The van der Waals surface area contributed by atoms with Gasteiger partial charge in [0.1, 0.15) is 5.82 Å². The summed E-state index contributed by atoms with van der Waals surface area (Å²) in [6, 6.07) is 5.52. The lowest BCUT2D eigenvalue weighted by Crippen LogP contribution is -2.36. The lowest BCUT2D eigenvalue weighted by Gasteiger charge is -2.28. The third kappa shape index (κ3) is 3.63. The van der Waals surface area contributed by atoms with Gasteiger partial charge >= 0.3 is 5.69 Å². The van der Waals surface area contributed by atoms with E-state index < -0.39 is 0 Å². The number of carbonyl (C=O) groups excluding carboxylic acids is 1. The van der Waals surface area contributed by atoms with Gasteiger partial charge in [-0.1, -0.05) is 25.2 Å². The predicted octanol–water partition coefficient (Wildman–Crippen LogP) is 2.43. The minimum atomic E-state index is -0.295. The molecule has 1 aromatic carbocycles. The Morgan fingerprint density at radius 2 is 2.14 bits per heavy atom. The van der Waals surface area contributed by atoms with Crippen LogP contribution in [0.1, 0.15) is 47.3 Å². The first-order chi connectivity index (χ1) is 14.1. The molecular weight excluding hydrogens is 366 g/mol. The number of nitrogens with zero attached hydrogens (tertiary/aromatic N) is 1. The summed E-state index contributed by atoms with van der Waals surface area (Å²) < 4.78 is 1.56. The second-order valence-corrected chi connectivity index (χ2v) is 7.26. The van der Waals surface area contributed by atoms with Gasteiger partial charge in [-0.05, 0) is 48.8 Å². The van der Waals surface area contributed by atoms with Crippen molar-refractivity contribution in [2.24, 2.45) is 0 Å². The van der Waals surface area contributed by atoms with E-state index in [1.165, 1.54) is 0 Å². The zero-order chi connectivity index (χ0) is 20.4. The van der Waals surface area contributed by atoms with Crippen LogP contribution in [0.25, 0.3) is 11.8 Å². The number of nitrogen functional groups attached to an aromatic ring is 1. The highest BCUT2D eigenvalue weighted by molar-refractivity contribution is 5.97. The third-order valence-electron chi connectivity index (χ3n) is 5.31. The molecule has 7 heteroatoms. The zero-order valence-electron chi connectivity index (χ0n) is 16.4. The van der Waals surface area contributed by atoms with Crippen molar-refractivity contribution >= 4 is 17.8 Å². The number of benzene rings is 1. The molecule has 0 radical (unpaired) electrons. The van der Waals surface area contributed by atoms with Crippen LogP contribution in [0.5, 0.6) is 0 Å². The van der Waals surface area contributed by atoms with Crippen LogP contribution < -0.4 is 22.1 Å². The molecule has 5 N–H and O–H groups in total. The van der Waals surface area contributed by atoms with Crippen molar-refractivity contribution in [2.45, 2.75) is 25.7 Å². The summed E-state index contributed by atoms with van der Waals surface area (Å²) in [6.07, 6.45) is 11.6. The van der Waals surface area contributed by atoms with E-state index in [2.05, 4.69) is 27.8 Å². The molecule has 2 aliphatic rings. The van der Waals surface area contributed by atoms with Crippen LogP contribution in [0.15, 0.2) is 53.0 Å². The molecule has 2 aliphatic heterocycles. The van der Waals surface area contributed by atoms with Crippen LogP contribution in [0, 0.1) is 0 Å². The molecule has 2 aromatic rings. The Morgan fingerprint density at radius 3 is 2.90 bits per heavy atom. The van der Waals surface area contributed by atoms with E-state index in [0.29, 0.717) is 29.3 Å². The number of aromatic amines is 1. The molecule has 3 heterocycles. The molecule has 1 aromatic heterocycles. The molecule has 0 aliphatic carbocycles. The molecule has 0 bridgehead atoms. The maximum absolute atomic E-state index is 12.5. The smallest absolute Gasteiger partial charge is 0.332 e. The summed E-state index contributed by atoms with van der Waals surface area (Å²) in [4.78, 5) is 27.6. The van der Waals surface area contributed by atoms with E-state index in [9.17, 15) is 9.59 Å². The van der Waals surface area contributed by atoms with Crippen molar-refractivity contribution in [1.29, 1.82) is 0 Å². The number of amides is 1. The lowest BCUT2D eigenvalue weighted by molar-refractivity contribution is 0.0940. The molecule has 1 atom stereocenters. The summed E-state index contributed by atoms with van der Waals surface area (Å²) in [6.45, 7) is 3.39. The number of hydrogen-bond acceptors (Lipinski definition) is 4. The number of anilines is 1. The first kappa shape index (κ1) is 18.9. The monoisotopic (exact) mass is 391 g/mol. The number of imidazole rings is 1. The van der Waals surface area contributed by atoms with Crippen molar-refractivity contribution in [3.8, 4) is 5.69 Å². The maximum atomic E-state index is 12.5. The number of fused-ring (bicyclic) bond motifs is 1. The molecule has 1 unspecified atom stereocenters. The van der Waals surface area contributed by atoms with Gasteiger partial charge in [-0.2, -0.15) is 0 Å². The van der Waals surface area contributed by atoms with E-state index in [0.717, 1.165) is 30.6 Å². The van der Waals surface area contributed by atoms with Crippen LogP contribution in [0.2, 0.25) is 0 Å². The quantitative estimate of drug-likeness (QED) is 0.628. The Balaban J connectivity index is 1.77. The first-order valence-corrected chi connectivity index (χ1v) is 9.87. The minimum absolute atomic E-state index is 0.0830. The van der Waals surface area contributed by atoms with E-state index in [1.54, 1.807) is 16.7 Å². The summed E-state index contributed by atoms with van der Waals surface area (Å²) in [5, 5.41) is 6.35. The fraction of sp³-hybridized carbons (Fsp3) is 0.273. The van der Waals surface area contributed by atoms with Crippen LogP contribution in [-0.4, -0.2) is 28.5 Å². The largest absolute Gasteiger partial charge is 0.385 e. The van der Waals surface area contributed by atoms with Crippen LogP contribution in [0.4, 0.5) is 5.82 Å². The van der Waals surface area contributed by atoms with Gasteiger partial charge in [0.15, 0.2) is 0 Å². The highest BCUT2D eigenvalue weighted by Gasteiger charge is 2.27. The maximum Gasteiger partial charge on any atom is 0.332 e. The molecule has 0 fully saturated rings. The minimum Gasteiger partial charge on any atom is -0.385 e. The fourth-order valence-electron chi connectivity index (χ4n) is 3.86. The normalized spacial score (nSPS) is 18.3. The van der Waals surface area contributed by atoms with E-state index in [-0.39, 0.29) is 17.5 Å². The highest BCUT2D eigenvalue weighted by atomic mass is 16.2. The van der Waals surface area contributed by atoms with Gasteiger partial charge in [-0.15, -0.1) is 0 Å². The van der Waals surface area contributed by atoms with Gasteiger partial charge in [0.25, 0.3) is 5.91 Å². The summed E-state index contributed by atoms with van der Waals surface area (Å²) in [7, 11) is 0. The molecule has 4 rings (SSSR count). The second kappa shape index (κ2) is 7.87. The van der Waals surface area contributed by atoms with Crippen molar-refractivity contribution in [2.75, 3.05) is 18.8 Å². The lowest BCUT2D eigenvalue weighted by atomic mass is 9.86. The van der Waals surface area contributed by atoms with Gasteiger partial charge < -0.3 is 16.4 Å². The van der Waals surface area contributed by atoms with E-state index in [1.807, 2.05) is 31.2 Å². The fourth-order valence-corrected chi connectivity index (χ4v) is 3.86. The van der Waals surface area contributed by atoms with E-state index >= 15 is 0 Å². The number of carbonyl (C=O) groups is 1. The number of dihydropyridines is 1. The molecular formula is C22H25N5O2. The van der Waals surface area contributed by atoms with Crippen molar-refractivity contribution < 1.29 is 4.79 Å². The zero-order valence-corrected chi connectivity index (χ0v) is 16.4. The number of allylic oxidation sites excluding steroid dienone is 4. The second-order valence-electron chi connectivity index (χ2n) is 7.26. The van der Waals surface area contributed by atoms with Crippen molar-refractivity contribution in [3.05, 3.63) is 75.5 Å². The Morgan fingerprint density at radius 1 is 1.28 bits per heavy atom. The Bertz CT molecular complexity index is 1090. The summed E-state index contributed by atoms with van der Waals surface area (Å²) >= 11 is 0. The third-order valence-corrected chi connectivity index (χ3v) is 5.31. The average Bonchev–Trinajstić information content (AvgIpc) is 3.02. The Labute approximate surface area is 169 Å². The van der Waals surface area contributed by atoms with E-state index in [4.69, 9.17) is 5.73 Å². The number of aromatic nitrogens is 2. The van der Waals surface area contributed by atoms with Crippen LogP contribution in [-0.2, 0) is 0 Å². The number of hydrogen-bond donors (Lipinski definition) is 4. The molecule has 1 amide bonds. The summed E-state index contributed by atoms with van der Waals surface area (Å²) in [5.74, 6) is 0.366. The number of nitrogens with two attached hydrogens (primary N) is 1. The number of rotatable bonds is 5. The summed E-state index contributed by atoms with van der Waals surface area (Å²) in [5.41, 5.74) is 9.78. The Hall–Kier alpha value is -3.48. The van der Waals surface area contributed by atoms with Gasteiger partial charge in [0.2, 0.25) is 0 Å². The first-order valence-electron chi connectivity index (χ1n) is 9.87. The molecule has 0 spiro atoms. The van der Waals surface area contributed by atoms with Crippen molar-refractivity contribution in [3.63, 3.8) is 0 Å².